The van der Waals surface area contributed by atoms with Crippen molar-refractivity contribution in [3.05, 3.63) is 60.2 Å². The molecule has 2 aromatic rings. The van der Waals surface area contributed by atoms with Gasteiger partial charge in [0.05, 0.1) is 18.9 Å². The van der Waals surface area contributed by atoms with E-state index < -0.39 is 6.10 Å². The highest BCUT2D eigenvalue weighted by atomic mass is 19.1. The molecule has 23 heavy (non-hydrogen) atoms. The molecule has 1 aromatic heterocycles. The third-order valence-corrected chi connectivity index (χ3v) is 3.20. The van der Waals surface area contributed by atoms with Gasteiger partial charge in [-0.05, 0) is 36.2 Å². The van der Waals surface area contributed by atoms with E-state index in [9.17, 15) is 14.3 Å². The monoisotopic (exact) mass is 318 g/mol. The van der Waals surface area contributed by atoms with Crippen molar-refractivity contribution in [2.24, 2.45) is 0 Å². The second kappa shape index (κ2) is 8.85. The van der Waals surface area contributed by atoms with Gasteiger partial charge in [-0.15, -0.1) is 0 Å². The first-order valence-electron chi connectivity index (χ1n) is 7.38. The summed E-state index contributed by atoms with van der Waals surface area (Å²) in [6, 6.07) is 9.11. The van der Waals surface area contributed by atoms with Crippen LogP contribution in [0.2, 0.25) is 0 Å². The number of hydrogen-bond acceptors (Lipinski definition) is 4. The van der Waals surface area contributed by atoms with E-state index in [2.05, 4.69) is 10.3 Å². The average Bonchev–Trinajstić information content (AvgIpc) is 2.58. The summed E-state index contributed by atoms with van der Waals surface area (Å²) in [6.45, 7) is 0.507. The van der Waals surface area contributed by atoms with Crippen LogP contribution in [-0.4, -0.2) is 29.1 Å². The van der Waals surface area contributed by atoms with Crippen LogP contribution in [0.4, 0.5) is 4.39 Å². The Morgan fingerprint density at radius 1 is 1.30 bits per heavy atom. The highest BCUT2D eigenvalue weighted by Crippen LogP contribution is 2.12. The summed E-state index contributed by atoms with van der Waals surface area (Å²) in [4.78, 5) is 15.6. The SMILES string of the molecule is O=C(CCCOc1cccnc1)NCC(O)c1ccc(F)cc1. The Morgan fingerprint density at radius 2 is 2.09 bits per heavy atom. The molecule has 0 radical (unpaired) electrons. The lowest BCUT2D eigenvalue weighted by atomic mass is 10.1. The fourth-order valence-electron chi connectivity index (χ4n) is 1.96. The van der Waals surface area contributed by atoms with E-state index in [1.165, 1.54) is 24.3 Å². The quantitative estimate of drug-likeness (QED) is 0.732. The maximum Gasteiger partial charge on any atom is 0.220 e. The van der Waals surface area contributed by atoms with Gasteiger partial charge in [-0.1, -0.05) is 12.1 Å². The summed E-state index contributed by atoms with van der Waals surface area (Å²) in [6.07, 6.45) is 3.28. The Bertz CT molecular complexity index is 605. The Kier molecular flexibility index (Phi) is 6.50. The van der Waals surface area contributed by atoms with Gasteiger partial charge in [-0.3, -0.25) is 9.78 Å². The van der Waals surface area contributed by atoms with Crippen LogP contribution >= 0.6 is 0 Å². The third-order valence-electron chi connectivity index (χ3n) is 3.20. The van der Waals surface area contributed by atoms with E-state index in [4.69, 9.17) is 4.74 Å². The van der Waals surface area contributed by atoms with Gasteiger partial charge in [0, 0.05) is 19.2 Å². The molecular weight excluding hydrogens is 299 g/mol. The number of ether oxygens (including phenoxy) is 1. The molecule has 5 nitrogen and oxygen atoms in total. The smallest absolute Gasteiger partial charge is 0.220 e. The Labute approximate surface area is 134 Å². The lowest BCUT2D eigenvalue weighted by Crippen LogP contribution is -2.28. The minimum atomic E-state index is -0.855. The molecule has 2 rings (SSSR count). The lowest BCUT2D eigenvalue weighted by molar-refractivity contribution is -0.121. The maximum atomic E-state index is 12.8. The third kappa shape index (κ3) is 6.04. The maximum absolute atomic E-state index is 12.8. The van der Waals surface area contributed by atoms with Crippen LogP contribution in [0.3, 0.4) is 0 Å². The number of aliphatic hydroxyl groups excluding tert-OH is 1. The summed E-state index contributed by atoms with van der Waals surface area (Å²) in [5.74, 6) is 0.138. The number of hydrogen-bond donors (Lipinski definition) is 2. The van der Waals surface area contributed by atoms with Crippen LogP contribution < -0.4 is 10.1 Å². The Balaban J connectivity index is 1.62. The van der Waals surface area contributed by atoms with Crippen molar-refractivity contribution in [3.63, 3.8) is 0 Å². The second-order valence-corrected chi connectivity index (χ2v) is 5.01. The molecule has 1 aromatic carbocycles. The number of carbonyl (C=O) groups excluding carboxylic acids is 1. The van der Waals surface area contributed by atoms with Gasteiger partial charge in [0.2, 0.25) is 5.91 Å². The highest BCUT2D eigenvalue weighted by Gasteiger charge is 2.09. The van der Waals surface area contributed by atoms with Crippen molar-refractivity contribution >= 4 is 5.91 Å². The van der Waals surface area contributed by atoms with Gasteiger partial charge in [0.1, 0.15) is 11.6 Å². The molecule has 0 aliphatic rings. The van der Waals surface area contributed by atoms with Crippen molar-refractivity contribution in [1.82, 2.24) is 10.3 Å². The van der Waals surface area contributed by atoms with Crippen LogP contribution in [0.5, 0.6) is 5.75 Å². The molecule has 0 aliphatic heterocycles. The topological polar surface area (TPSA) is 71.5 Å². The number of carbonyl (C=O) groups is 1. The molecular formula is C17H19FN2O3. The summed E-state index contributed by atoms with van der Waals surface area (Å²) in [7, 11) is 0. The lowest BCUT2D eigenvalue weighted by Gasteiger charge is -2.12. The van der Waals surface area contributed by atoms with Crippen molar-refractivity contribution in [2.45, 2.75) is 18.9 Å². The van der Waals surface area contributed by atoms with Crippen molar-refractivity contribution in [1.29, 1.82) is 0 Å². The van der Waals surface area contributed by atoms with Gasteiger partial charge in [-0.2, -0.15) is 0 Å². The summed E-state index contributed by atoms with van der Waals surface area (Å²) in [5.41, 5.74) is 0.562. The van der Waals surface area contributed by atoms with E-state index in [1.54, 1.807) is 24.5 Å². The number of aliphatic hydroxyl groups is 1. The number of nitrogens with zero attached hydrogens (tertiary/aromatic N) is 1. The molecule has 0 saturated heterocycles. The van der Waals surface area contributed by atoms with Gasteiger partial charge >= 0.3 is 0 Å². The molecule has 0 saturated carbocycles. The number of rotatable bonds is 8. The number of aromatic nitrogens is 1. The zero-order chi connectivity index (χ0) is 16.5. The second-order valence-electron chi connectivity index (χ2n) is 5.01. The Hall–Kier alpha value is -2.47. The molecule has 0 fully saturated rings. The van der Waals surface area contributed by atoms with Gasteiger partial charge < -0.3 is 15.2 Å². The van der Waals surface area contributed by atoms with E-state index in [-0.39, 0.29) is 18.3 Å². The van der Waals surface area contributed by atoms with Crippen LogP contribution in [0, 0.1) is 5.82 Å². The summed E-state index contributed by atoms with van der Waals surface area (Å²) < 4.78 is 18.2. The molecule has 6 heteroatoms. The molecule has 1 amide bonds. The van der Waals surface area contributed by atoms with E-state index in [0.29, 0.717) is 30.8 Å². The molecule has 0 aliphatic carbocycles. The fraction of sp³-hybridized carbons (Fsp3) is 0.294. The summed E-state index contributed by atoms with van der Waals surface area (Å²) in [5, 5.41) is 12.6. The predicted octanol–water partition coefficient (Wildman–Crippen LogP) is 2.23. The Morgan fingerprint density at radius 3 is 2.78 bits per heavy atom. The first-order valence-corrected chi connectivity index (χ1v) is 7.38. The number of pyridine rings is 1. The minimum absolute atomic E-state index is 0.0912. The molecule has 2 N–H and O–H groups in total. The molecule has 1 atom stereocenters. The zero-order valence-corrected chi connectivity index (χ0v) is 12.6. The fourth-order valence-corrected chi connectivity index (χ4v) is 1.96. The molecule has 122 valence electrons. The predicted molar refractivity (Wildman–Crippen MR) is 83.3 cm³/mol. The van der Waals surface area contributed by atoms with Gasteiger partial charge in [-0.25, -0.2) is 4.39 Å². The molecule has 0 bridgehead atoms. The van der Waals surface area contributed by atoms with E-state index >= 15 is 0 Å². The van der Waals surface area contributed by atoms with Crippen LogP contribution in [0.15, 0.2) is 48.8 Å². The first-order chi connectivity index (χ1) is 11.1. The average molecular weight is 318 g/mol. The zero-order valence-electron chi connectivity index (χ0n) is 12.6. The van der Waals surface area contributed by atoms with E-state index in [0.717, 1.165) is 0 Å². The molecule has 1 heterocycles. The number of amides is 1. The number of nitrogens with one attached hydrogen (secondary N) is 1. The number of benzene rings is 1. The van der Waals surface area contributed by atoms with Crippen LogP contribution in [0.25, 0.3) is 0 Å². The standard InChI is InChI=1S/C17H19FN2O3/c18-14-7-5-13(6-8-14)16(21)12-20-17(22)4-2-10-23-15-3-1-9-19-11-15/h1,3,5-9,11,16,21H,2,4,10,12H2,(H,20,22). The molecule has 0 spiro atoms. The van der Waals surface area contributed by atoms with Gasteiger partial charge in [0.15, 0.2) is 0 Å². The van der Waals surface area contributed by atoms with Gasteiger partial charge in [0.25, 0.3) is 0 Å². The highest BCUT2D eigenvalue weighted by molar-refractivity contribution is 5.75. The largest absolute Gasteiger partial charge is 0.492 e. The summed E-state index contributed by atoms with van der Waals surface area (Å²) >= 11 is 0. The van der Waals surface area contributed by atoms with Crippen molar-refractivity contribution in [2.75, 3.05) is 13.2 Å². The van der Waals surface area contributed by atoms with Crippen LogP contribution in [0.1, 0.15) is 24.5 Å². The molecule has 1 unspecified atom stereocenters. The van der Waals surface area contributed by atoms with Crippen molar-refractivity contribution in [3.8, 4) is 5.75 Å². The van der Waals surface area contributed by atoms with Crippen LogP contribution in [-0.2, 0) is 4.79 Å². The number of halogens is 1. The minimum Gasteiger partial charge on any atom is -0.492 e. The van der Waals surface area contributed by atoms with Crippen molar-refractivity contribution < 1.29 is 19.0 Å². The normalized spacial score (nSPS) is 11.7. The van der Waals surface area contributed by atoms with E-state index in [1.807, 2.05) is 0 Å². The first kappa shape index (κ1) is 16.9.